The molecule has 1 N–H and O–H groups in total. The van der Waals surface area contributed by atoms with E-state index in [9.17, 15) is 4.79 Å². The van der Waals surface area contributed by atoms with Gasteiger partial charge in [-0.2, -0.15) is 5.26 Å². The summed E-state index contributed by atoms with van der Waals surface area (Å²) in [6.45, 7) is 2.22. The monoisotopic (exact) mass is 269 g/mol. The number of H-pyrrole nitrogens is 1. The summed E-state index contributed by atoms with van der Waals surface area (Å²) < 4.78 is 0.840. The molecule has 0 spiro atoms. The van der Waals surface area contributed by atoms with Crippen molar-refractivity contribution < 1.29 is 4.79 Å². The van der Waals surface area contributed by atoms with Gasteiger partial charge >= 0.3 is 0 Å². The second-order valence-corrected chi connectivity index (χ2v) is 4.36. The molecule has 5 heteroatoms. The molecule has 0 aromatic carbocycles. The molecule has 1 unspecified atom stereocenters. The van der Waals surface area contributed by atoms with Crippen molar-refractivity contribution in [2.75, 3.05) is 13.6 Å². The quantitative estimate of drug-likeness (QED) is 0.913. The largest absolute Gasteiger partial charge is 0.356 e. The van der Waals surface area contributed by atoms with Crippen molar-refractivity contribution in [3.63, 3.8) is 0 Å². The SMILES string of the molecule is CC(C#N)CN(C)C(=O)c1cc(Br)c[nH]1. The smallest absolute Gasteiger partial charge is 0.270 e. The lowest BCUT2D eigenvalue weighted by molar-refractivity contribution is 0.0780. The third-order valence-corrected chi connectivity index (χ3v) is 2.45. The third kappa shape index (κ3) is 3.10. The molecule has 80 valence electrons. The zero-order valence-corrected chi connectivity index (χ0v) is 10.2. The number of nitrogens with zero attached hydrogens (tertiary/aromatic N) is 2. The zero-order valence-electron chi connectivity index (χ0n) is 8.62. The molecule has 0 aliphatic rings. The van der Waals surface area contributed by atoms with Crippen LogP contribution in [0.3, 0.4) is 0 Å². The topological polar surface area (TPSA) is 59.9 Å². The van der Waals surface area contributed by atoms with Crippen molar-refractivity contribution in [2.45, 2.75) is 6.92 Å². The highest BCUT2D eigenvalue weighted by Gasteiger charge is 2.15. The first-order valence-electron chi connectivity index (χ1n) is 4.53. The van der Waals surface area contributed by atoms with Crippen molar-refractivity contribution in [1.29, 1.82) is 5.26 Å². The molecule has 1 atom stereocenters. The molecule has 0 aliphatic heterocycles. The molecule has 1 heterocycles. The molecule has 0 bridgehead atoms. The molecule has 4 nitrogen and oxygen atoms in total. The van der Waals surface area contributed by atoms with Crippen LogP contribution in [-0.4, -0.2) is 29.4 Å². The normalized spacial score (nSPS) is 11.9. The average Bonchev–Trinajstić information content (AvgIpc) is 2.63. The third-order valence-electron chi connectivity index (χ3n) is 1.99. The van der Waals surface area contributed by atoms with Crippen LogP contribution >= 0.6 is 15.9 Å². The van der Waals surface area contributed by atoms with Crippen LogP contribution in [0.1, 0.15) is 17.4 Å². The van der Waals surface area contributed by atoms with E-state index < -0.39 is 0 Å². The lowest BCUT2D eigenvalue weighted by atomic mass is 10.2. The van der Waals surface area contributed by atoms with Crippen molar-refractivity contribution in [2.24, 2.45) is 5.92 Å². The van der Waals surface area contributed by atoms with Crippen molar-refractivity contribution in [3.05, 3.63) is 22.4 Å². The first-order valence-corrected chi connectivity index (χ1v) is 5.33. The summed E-state index contributed by atoms with van der Waals surface area (Å²) in [6, 6.07) is 3.81. The number of rotatable bonds is 3. The minimum absolute atomic E-state index is 0.109. The first-order chi connectivity index (χ1) is 7.04. The van der Waals surface area contributed by atoms with E-state index in [-0.39, 0.29) is 11.8 Å². The highest BCUT2D eigenvalue weighted by atomic mass is 79.9. The maximum Gasteiger partial charge on any atom is 0.270 e. The van der Waals surface area contributed by atoms with Gasteiger partial charge in [-0.05, 0) is 28.9 Å². The Morgan fingerprint density at radius 2 is 2.47 bits per heavy atom. The van der Waals surface area contributed by atoms with Crippen LogP contribution in [0.2, 0.25) is 0 Å². The van der Waals surface area contributed by atoms with Crippen LogP contribution in [0, 0.1) is 17.2 Å². The van der Waals surface area contributed by atoms with E-state index in [2.05, 4.69) is 27.0 Å². The predicted molar refractivity (Wildman–Crippen MR) is 60.2 cm³/mol. The summed E-state index contributed by atoms with van der Waals surface area (Å²) >= 11 is 3.26. The van der Waals surface area contributed by atoms with Gasteiger partial charge in [0, 0.05) is 24.3 Å². The molecular formula is C10H12BrN3O. The molecular weight excluding hydrogens is 258 g/mol. The van der Waals surface area contributed by atoms with Crippen molar-refractivity contribution >= 4 is 21.8 Å². The minimum atomic E-state index is -0.155. The molecule has 1 rings (SSSR count). The van der Waals surface area contributed by atoms with E-state index in [4.69, 9.17) is 5.26 Å². The second kappa shape index (κ2) is 4.99. The van der Waals surface area contributed by atoms with Gasteiger partial charge in [-0.15, -0.1) is 0 Å². The van der Waals surface area contributed by atoms with Gasteiger partial charge in [0.2, 0.25) is 0 Å². The Bertz CT molecular complexity index is 394. The first kappa shape index (κ1) is 11.8. The molecule has 1 amide bonds. The van der Waals surface area contributed by atoms with Crippen LogP contribution < -0.4 is 0 Å². The van der Waals surface area contributed by atoms with Crippen LogP contribution in [0.5, 0.6) is 0 Å². The van der Waals surface area contributed by atoms with Gasteiger partial charge in [0.05, 0.1) is 12.0 Å². The number of halogens is 1. The molecule has 1 aromatic rings. The van der Waals surface area contributed by atoms with Crippen LogP contribution in [-0.2, 0) is 0 Å². The maximum atomic E-state index is 11.8. The number of aromatic amines is 1. The number of aromatic nitrogens is 1. The Morgan fingerprint density at radius 1 is 1.80 bits per heavy atom. The van der Waals surface area contributed by atoms with Gasteiger partial charge in [0.15, 0.2) is 0 Å². The predicted octanol–water partition coefficient (Wildman–Crippen LogP) is 2.01. The van der Waals surface area contributed by atoms with Crippen LogP contribution in [0.4, 0.5) is 0 Å². The number of carbonyl (C=O) groups is 1. The fourth-order valence-corrected chi connectivity index (χ4v) is 1.57. The lowest BCUT2D eigenvalue weighted by Crippen LogP contribution is -2.30. The number of amides is 1. The van der Waals surface area contributed by atoms with Gasteiger partial charge in [-0.1, -0.05) is 0 Å². The molecule has 0 aliphatic carbocycles. The minimum Gasteiger partial charge on any atom is -0.356 e. The van der Waals surface area contributed by atoms with Crippen molar-refractivity contribution in [3.8, 4) is 6.07 Å². The van der Waals surface area contributed by atoms with E-state index >= 15 is 0 Å². The molecule has 0 saturated carbocycles. The standard InChI is InChI=1S/C10H12BrN3O/c1-7(4-12)6-14(2)10(15)9-3-8(11)5-13-9/h3,5,7,13H,6H2,1-2H3. The van der Waals surface area contributed by atoms with E-state index in [1.807, 2.05) is 0 Å². The molecule has 0 saturated heterocycles. The van der Waals surface area contributed by atoms with Crippen LogP contribution in [0.15, 0.2) is 16.7 Å². The second-order valence-electron chi connectivity index (χ2n) is 3.45. The summed E-state index contributed by atoms with van der Waals surface area (Å²) in [6.07, 6.45) is 1.70. The highest BCUT2D eigenvalue weighted by Crippen LogP contribution is 2.12. The fourth-order valence-electron chi connectivity index (χ4n) is 1.23. The van der Waals surface area contributed by atoms with Gasteiger partial charge in [-0.3, -0.25) is 4.79 Å². The number of hydrogen-bond donors (Lipinski definition) is 1. The molecule has 0 fully saturated rings. The van der Waals surface area contributed by atoms with E-state index in [0.717, 1.165) is 4.47 Å². The van der Waals surface area contributed by atoms with E-state index in [1.165, 1.54) is 4.90 Å². The van der Waals surface area contributed by atoms with E-state index in [0.29, 0.717) is 12.2 Å². The lowest BCUT2D eigenvalue weighted by Gasteiger charge is -2.17. The highest BCUT2D eigenvalue weighted by molar-refractivity contribution is 9.10. The van der Waals surface area contributed by atoms with Gasteiger partial charge in [-0.25, -0.2) is 0 Å². The molecule has 15 heavy (non-hydrogen) atoms. The number of carbonyl (C=O) groups excluding carboxylic acids is 1. The number of nitrogens with one attached hydrogen (secondary N) is 1. The summed E-state index contributed by atoms with van der Waals surface area (Å²) in [5, 5.41) is 8.64. The van der Waals surface area contributed by atoms with Crippen LogP contribution in [0.25, 0.3) is 0 Å². The zero-order chi connectivity index (χ0) is 11.4. The number of hydrogen-bond acceptors (Lipinski definition) is 2. The Hall–Kier alpha value is -1.28. The van der Waals surface area contributed by atoms with Gasteiger partial charge in [0.25, 0.3) is 5.91 Å². The van der Waals surface area contributed by atoms with E-state index in [1.54, 1.807) is 26.2 Å². The van der Waals surface area contributed by atoms with Crippen molar-refractivity contribution in [1.82, 2.24) is 9.88 Å². The molecule has 0 radical (unpaired) electrons. The average molecular weight is 270 g/mol. The maximum absolute atomic E-state index is 11.8. The number of nitriles is 1. The van der Waals surface area contributed by atoms with Gasteiger partial charge < -0.3 is 9.88 Å². The Morgan fingerprint density at radius 3 is 2.93 bits per heavy atom. The summed E-state index contributed by atoms with van der Waals surface area (Å²) in [5.74, 6) is -0.264. The molecule has 1 aromatic heterocycles. The Balaban J connectivity index is 2.65. The Labute approximate surface area is 97.0 Å². The summed E-state index contributed by atoms with van der Waals surface area (Å²) in [7, 11) is 1.69. The summed E-state index contributed by atoms with van der Waals surface area (Å²) in [5.41, 5.74) is 0.523. The Kier molecular flexibility index (Phi) is 3.92. The summed E-state index contributed by atoms with van der Waals surface area (Å²) in [4.78, 5) is 16.2. The fraction of sp³-hybridized carbons (Fsp3) is 0.400. The van der Waals surface area contributed by atoms with Gasteiger partial charge in [0.1, 0.15) is 5.69 Å².